The summed E-state index contributed by atoms with van der Waals surface area (Å²) in [5, 5.41) is 50.5. The van der Waals surface area contributed by atoms with Crippen molar-refractivity contribution in [3.8, 4) is 39.8 Å². The number of Topliss-reactive ketones (excluding diaryl/α,β-unsaturated/α-hetero) is 2. The molecule has 4 bridgehead atoms. The Morgan fingerprint density at radius 1 is 0.943 bits per heavy atom. The number of phenols is 1. The molecule has 0 fully saturated rings. The Hall–Kier alpha value is -6.60. The highest BCUT2D eigenvalue weighted by Crippen LogP contribution is 2.45. The van der Waals surface area contributed by atoms with E-state index >= 15 is 0 Å². The lowest BCUT2D eigenvalue weighted by Gasteiger charge is -2.32. The molecule has 0 aliphatic carbocycles. The van der Waals surface area contributed by atoms with Crippen LogP contribution in [0.5, 0.6) is 17.2 Å². The third-order valence-corrected chi connectivity index (χ3v) is 12.2. The van der Waals surface area contributed by atoms with Crippen LogP contribution in [0, 0.1) is 11.8 Å². The number of carbonyl (C=O) groups is 5. The number of aliphatic hydroxyl groups excluding tert-OH is 2. The highest BCUT2D eigenvalue weighted by atomic mass is 32.2. The number of aromatic nitrogens is 2. The number of hydrogen-bond donors (Lipinski definition) is 10. The lowest BCUT2D eigenvalue weighted by atomic mass is 9.86. The van der Waals surface area contributed by atoms with Crippen molar-refractivity contribution in [3.63, 3.8) is 0 Å². The average molecular weight is 992 g/mol. The van der Waals surface area contributed by atoms with E-state index in [9.17, 15) is 52.8 Å². The van der Waals surface area contributed by atoms with Gasteiger partial charge in [-0.15, -0.1) is 0 Å². The van der Waals surface area contributed by atoms with Crippen LogP contribution in [0.15, 0.2) is 60.8 Å². The molecule has 0 radical (unpaired) electrons. The number of hydrogen-bond acceptors (Lipinski definition) is 17. The minimum Gasteiger partial charge on any atom is -0.504 e. The van der Waals surface area contributed by atoms with Crippen LogP contribution in [0.1, 0.15) is 73.6 Å². The predicted octanol–water partition coefficient (Wildman–Crippen LogP) is 0.695. The molecule has 378 valence electrons. The third kappa shape index (κ3) is 13.8. The molecule has 1 aliphatic rings. The topological polar surface area (TPSA) is 376 Å². The summed E-state index contributed by atoms with van der Waals surface area (Å²) in [5.74, 6) is -8.47. The van der Waals surface area contributed by atoms with E-state index < -0.39 is 107 Å². The zero-order chi connectivity index (χ0) is 51.8. The van der Waals surface area contributed by atoms with E-state index in [1.54, 1.807) is 12.1 Å². The number of aromatic hydroxyl groups is 1. The van der Waals surface area contributed by atoms with E-state index in [-0.39, 0.29) is 76.9 Å². The third-order valence-electron chi connectivity index (χ3n) is 11.6. The van der Waals surface area contributed by atoms with Gasteiger partial charge in [0.2, 0.25) is 11.8 Å². The first kappa shape index (κ1) is 54.3. The number of likely N-dealkylation sites (N-methyl/N-ethyl adjacent to an activating group) is 1. The van der Waals surface area contributed by atoms with Crippen molar-refractivity contribution in [2.45, 2.75) is 76.7 Å². The molecule has 0 saturated heterocycles. The number of carboxylic acids is 1. The molecule has 3 aromatic carbocycles. The van der Waals surface area contributed by atoms with Crippen molar-refractivity contribution in [3.05, 3.63) is 83.0 Å². The van der Waals surface area contributed by atoms with Crippen LogP contribution in [0.25, 0.3) is 22.5 Å². The Morgan fingerprint density at radius 3 is 2.14 bits per heavy atom. The molecule has 5 rings (SSSR count). The van der Waals surface area contributed by atoms with Gasteiger partial charge in [0.05, 0.1) is 11.5 Å². The molecule has 4 aromatic rings. The fourth-order valence-electron chi connectivity index (χ4n) is 7.61. The molecule has 70 heavy (non-hydrogen) atoms. The summed E-state index contributed by atoms with van der Waals surface area (Å²) in [7, 11) is -3.29. The first-order valence-electron chi connectivity index (χ1n) is 22.2. The molecule has 2 heterocycles. The molecule has 6 atom stereocenters. The number of aliphatic carboxylic acids is 1. The Kier molecular flexibility index (Phi) is 17.8. The van der Waals surface area contributed by atoms with Crippen molar-refractivity contribution in [2.75, 3.05) is 45.6 Å². The van der Waals surface area contributed by atoms with Crippen LogP contribution in [-0.2, 0) is 41.2 Å². The van der Waals surface area contributed by atoms with Crippen molar-refractivity contribution in [1.29, 1.82) is 0 Å². The maximum absolute atomic E-state index is 14.9. The number of nitrogens with one attached hydrogen (secondary N) is 2. The van der Waals surface area contributed by atoms with E-state index in [1.807, 2.05) is 16.9 Å². The summed E-state index contributed by atoms with van der Waals surface area (Å²) >= 11 is 0. The number of carboxylic acid groups (broad SMARTS) is 1. The summed E-state index contributed by atoms with van der Waals surface area (Å²) < 4.78 is 38.3. The van der Waals surface area contributed by atoms with Crippen LogP contribution in [0.3, 0.4) is 0 Å². The maximum atomic E-state index is 14.9. The van der Waals surface area contributed by atoms with Gasteiger partial charge in [-0.1, -0.05) is 58.0 Å². The van der Waals surface area contributed by atoms with Crippen LogP contribution >= 0.6 is 0 Å². The second-order valence-corrected chi connectivity index (χ2v) is 19.6. The molecule has 2 amide bonds. The van der Waals surface area contributed by atoms with Gasteiger partial charge in [0.1, 0.15) is 49.1 Å². The molecule has 0 saturated carbocycles. The van der Waals surface area contributed by atoms with Gasteiger partial charge in [0.15, 0.2) is 28.9 Å². The molecular weight excluding hydrogens is 931 g/mol. The van der Waals surface area contributed by atoms with Crippen molar-refractivity contribution >= 4 is 45.4 Å². The standard InChI is InChI=1S/C47H61N9O13S/c1-24-12-37(60)40(56(5)45(63)28(20-53-70(51,66)67)16-36(59)34-21-52-43(55-42(34)50)26-7-9-29(10-8-26)47(2,3)4)27-15-33(41(61)39(17-27)69-23-31(58)19-49)32-13-25(14-35(46(64)65)54-44(24)62)6-11-38(32)68-22-30(57)18-48/h6-11,13,15,17,21,24,28,30-31,35,40,53,57-58,61H,12,14,16,18-20,22-23,48-49H2,1-5H3,(H,54,62)(H,64,65)(H2,50,52,55)(H2,51,66,67)/t24-,28+,30-,31-,35+,40+/m1/s1. The van der Waals surface area contributed by atoms with Crippen molar-refractivity contribution < 1.29 is 62.3 Å². The number of ether oxygens (including phenoxy) is 2. The molecule has 1 aliphatic heterocycles. The van der Waals surface area contributed by atoms with E-state index in [0.29, 0.717) is 11.1 Å². The average Bonchev–Trinajstić information content (AvgIpc) is 3.30. The Balaban J connectivity index is 1.65. The number of benzene rings is 3. The lowest BCUT2D eigenvalue weighted by Crippen LogP contribution is -2.46. The Bertz CT molecular complexity index is 2700. The fourth-order valence-corrected chi connectivity index (χ4v) is 8.05. The minimum atomic E-state index is -4.48. The van der Waals surface area contributed by atoms with Crippen LogP contribution in [0.4, 0.5) is 5.82 Å². The second-order valence-electron chi connectivity index (χ2n) is 18.2. The van der Waals surface area contributed by atoms with Crippen LogP contribution < -0.4 is 41.9 Å². The second kappa shape index (κ2) is 22.9. The van der Waals surface area contributed by atoms with Gasteiger partial charge >= 0.3 is 5.97 Å². The Labute approximate surface area is 404 Å². The molecule has 23 heteroatoms. The van der Waals surface area contributed by atoms with Gasteiger partial charge in [-0.2, -0.15) is 8.42 Å². The van der Waals surface area contributed by atoms with Gasteiger partial charge in [0.25, 0.3) is 10.2 Å². The summed E-state index contributed by atoms with van der Waals surface area (Å²) in [5.41, 5.74) is 19.1. The number of ketones is 2. The molecule has 1 aromatic heterocycles. The van der Waals surface area contributed by atoms with E-state index in [1.165, 1.54) is 50.5 Å². The monoisotopic (exact) mass is 991 g/mol. The number of nitrogens with two attached hydrogens (primary N) is 4. The number of amides is 2. The van der Waals surface area contributed by atoms with E-state index in [2.05, 4.69) is 36.1 Å². The van der Waals surface area contributed by atoms with E-state index in [4.69, 9.17) is 31.8 Å². The zero-order valence-corrected chi connectivity index (χ0v) is 40.2. The summed E-state index contributed by atoms with van der Waals surface area (Å²) in [6, 6.07) is 11.2. The normalized spacial score (nSPS) is 17.9. The number of fused-ring (bicyclic) bond motifs is 5. The molecule has 0 spiro atoms. The minimum absolute atomic E-state index is 0.0305. The number of rotatable bonds is 18. The van der Waals surface area contributed by atoms with Gasteiger partial charge in [-0.05, 0) is 46.4 Å². The number of aliphatic hydroxyl groups is 2. The lowest BCUT2D eigenvalue weighted by molar-refractivity contribution is -0.143. The summed E-state index contributed by atoms with van der Waals surface area (Å²) in [6.07, 6.45) is -2.79. The van der Waals surface area contributed by atoms with Gasteiger partial charge in [0, 0.05) is 74.7 Å². The molecular formula is C47H61N9O13S. The zero-order valence-electron chi connectivity index (χ0n) is 39.4. The molecule has 22 nitrogen and oxygen atoms in total. The van der Waals surface area contributed by atoms with E-state index in [0.717, 1.165) is 10.5 Å². The van der Waals surface area contributed by atoms with Crippen molar-refractivity contribution in [2.24, 2.45) is 28.4 Å². The quantitative estimate of drug-likeness (QED) is 0.0613. The predicted molar refractivity (Wildman–Crippen MR) is 256 cm³/mol. The maximum Gasteiger partial charge on any atom is 0.326 e. The highest BCUT2D eigenvalue weighted by Gasteiger charge is 2.38. The first-order chi connectivity index (χ1) is 32.8. The molecule has 14 N–H and O–H groups in total. The number of nitrogen functional groups attached to an aromatic ring is 1. The highest BCUT2D eigenvalue weighted by molar-refractivity contribution is 7.87. The van der Waals surface area contributed by atoms with Gasteiger partial charge < -0.3 is 57.3 Å². The SMILES string of the molecule is C[C@@H]1CC(=O)[C@@H](N(C)C(=O)[C@H](CNS(N)(=O)=O)CC(=O)c2cnc(-c3ccc(C(C)(C)C)cc3)nc2N)c2cc(OC[C@H](O)CN)c(O)c(c2)-c2cc(ccc2OC[C@H](O)CN)C[C@@H](C(=O)O)NC1=O. The largest absolute Gasteiger partial charge is 0.504 e. The summed E-state index contributed by atoms with van der Waals surface area (Å²) in [4.78, 5) is 79.4. The number of phenolic OH excluding ortho intramolecular Hbond substituents is 1. The van der Waals surface area contributed by atoms with Crippen LogP contribution in [-0.4, -0.2) is 131 Å². The first-order valence-corrected chi connectivity index (χ1v) is 23.7. The smallest absolute Gasteiger partial charge is 0.326 e. The number of carbonyl (C=O) groups excluding carboxylic acids is 4. The van der Waals surface area contributed by atoms with Gasteiger partial charge in [-0.25, -0.2) is 24.6 Å². The Morgan fingerprint density at radius 2 is 1.57 bits per heavy atom. The number of nitrogens with zero attached hydrogens (tertiary/aromatic N) is 3. The van der Waals surface area contributed by atoms with Crippen molar-refractivity contribution in [1.82, 2.24) is 24.9 Å². The summed E-state index contributed by atoms with van der Waals surface area (Å²) in [6.45, 7) is 5.56. The molecule has 0 unspecified atom stereocenters. The number of anilines is 1. The van der Waals surface area contributed by atoms with Gasteiger partial charge in [-0.3, -0.25) is 19.2 Å². The van der Waals surface area contributed by atoms with Crippen LogP contribution in [0.2, 0.25) is 0 Å². The fraction of sp³-hybridized carbons (Fsp3) is 0.426.